The van der Waals surface area contributed by atoms with E-state index in [9.17, 15) is 4.79 Å². The highest BCUT2D eigenvalue weighted by atomic mass is 32.2. The molecule has 8 nitrogen and oxygen atoms in total. The van der Waals surface area contributed by atoms with E-state index in [2.05, 4.69) is 30.5 Å². The van der Waals surface area contributed by atoms with Gasteiger partial charge in [-0.05, 0) is 38.2 Å². The van der Waals surface area contributed by atoms with E-state index in [1.807, 2.05) is 18.3 Å². The van der Waals surface area contributed by atoms with E-state index in [0.717, 1.165) is 23.9 Å². The van der Waals surface area contributed by atoms with Crippen molar-refractivity contribution in [3.63, 3.8) is 0 Å². The van der Waals surface area contributed by atoms with Crippen LogP contribution >= 0.6 is 23.1 Å². The van der Waals surface area contributed by atoms with Crippen LogP contribution in [0.5, 0.6) is 0 Å². The molecular formula is C16H20N6O2S2. The number of aryl methyl sites for hydroxylation is 1. The molecule has 0 amide bonds. The number of thiophene rings is 1. The molecule has 1 atom stereocenters. The Balaban J connectivity index is 1.57. The fourth-order valence-corrected chi connectivity index (χ4v) is 6.07. The Hall–Kier alpha value is -1.62. The summed E-state index contributed by atoms with van der Waals surface area (Å²) in [6, 6.07) is 0. The molecule has 0 aromatic carbocycles. The second kappa shape index (κ2) is 6.52. The molecule has 4 heterocycles. The van der Waals surface area contributed by atoms with Crippen LogP contribution in [0.3, 0.4) is 0 Å². The van der Waals surface area contributed by atoms with E-state index >= 15 is 0 Å². The SMILES string of the molecule is CCOC(=O)CSc1nnc2n1-c1sc3c(c1C1NCNN21)CCCC3. The molecule has 26 heavy (non-hydrogen) atoms. The van der Waals surface area contributed by atoms with Gasteiger partial charge in [-0.2, -0.15) is 0 Å². The molecule has 1 aliphatic carbocycles. The first-order valence-electron chi connectivity index (χ1n) is 8.92. The molecule has 10 heteroatoms. The van der Waals surface area contributed by atoms with E-state index in [-0.39, 0.29) is 17.9 Å². The number of esters is 1. The summed E-state index contributed by atoms with van der Waals surface area (Å²) in [5, 5.41) is 16.3. The summed E-state index contributed by atoms with van der Waals surface area (Å²) < 4.78 is 7.14. The van der Waals surface area contributed by atoms with Gasteiger partial charge in [0, 0.05) is 10.4 Å². The molecule has 0 bridgehead atoms. The average molecular weight is 393 g/mol. The zero-order valence-corrected chi connectivity index (χ0v) is 16.1. The number of nitrogens with zero attached hydrogens (tertiary/aromatic N) is 4. The number of hydrogen-bond donors (Lipinski definition) is 2. The fourth-order valence-electron chi connectivity index (χ4n) is 3.87. The summed E-state index contributed by atoms with van der Waals surface area (Å²) in [5.74, 6) is 0.786. The maximum absolute atomic E-state index is 11.8. The summed E-state index contributed by atoms with van der Waals surface area (Å²) in [4.78, 5) is 13.2. The Kier molecular flexibility index (Phi) is 4.15. The van der Waals surface area contributed by atoms with Crippen LogP contribution in [0.2, 0.25) is 0 Å². The van der Waals surface area contributed by atoms with Crippen LogP contribution in [0.4, 0.5) is 5.95 Å². The molecule has 1 saturated heterocycles. The van der Waals surface area contributed by atoms with Crippen molar-refractivity contribution in [1.29, 1.82) is 0 Å². The van der Waals surface area contributed by atoms with Crippen LogP contribution in [0.25, 0.3) is 5.00 Å². The zero-order chi connectivity index (χ0) is 17.7. The van der Waals surface area contributed by atoms with Gasteiger partial charge in [-0.1, -0.05) is 11.8 Å². The summed E-state index contributed by atoms with van der Waals surface area (Å²) in [6.07, 6.45) is 4.89. The van der Waals surface area contributed by atoms with Crippen molar-refractivity contribution >= 4 is 35.0 Å². The average Bonchev–Trinajstić information content (AvgIpc) is 3.35. The van der Waals surface area contributed by atoms with Crippen molar-refractivity contribution in [2.24, 2.45) is 0 Å². The van der Waals surface area contributed by atoms with Crippen molar-refractivity contribution < 1.29 is 9.53 Å². The second-order valence-corrected chi connectivity index (χ2v) is 8.48. The minimum atomic E-state index is -0.227. The first kappa shape index (κ1) is 16.5. The Labute approximate surface area is 159 Å². The fraction of sp³-hybridized carbons (Fsp3) is 0.562. The van der Waals surface area contributed by atoms with Crippen LogP contribution in [0.1, 0.15) is 41.9 Å². The van der Waals surface area contributed by atoms with Crippen molar-refractivity contribution in [1.82, 2.24) is 25.5 Å². The third kappa shape index (κ3) is 2.47. The lowest BCUT2D eigenvalue weighted by Gasteiger charge is -2.31. The number of ether oxygens (including phenoxy) is 1. The number of nitrogens with one attached hydrogen (secondary N) is 2. The standard InChI is InChI=1S/C16H20N6O2S2/c1-2-24-11(23)7-25-16-20-19-15-21(16)14-12(13-17-8-18-22(13)15)9-5-3-4-6-10(9)26-14/h13,17-18H,2-8H2,1H3. The topological polar surface area (TPSA) is 84.3 Å². The van der Waals surface area contributed by atoms with Crippen LogP contribution < -0.4 is 15.8 Å². The Morgan fingerprint density at radius 2 is 2.27 bits per heavy atom. The quantitative estimate of drug-likeness (QED) is 0.601. The third-order valence-corrected chi connectivity index (χ3v) is 7.12. The highest BCUT2D eigenvalue weighted by Crippen LogP contribution is 2.47. The lowest BCUT2D eigenvalue weighted by Crippen LogP contribution is -2.39. The van der Waals surface area contributed by atoms with Gasteiger partial charge < -0.3 is 4.74 Å². The van der Waals surface area contributed by atoms with E-state index in [1.54, 1.807) is 0 Å². The smallest absolute Gasteiger partial charge is 0.316 e. The van der Waals surface area contributed by atoms with Crippen LogP contribution in [0, 0.1) is 0 Å². The Bertz CT molecular complexity index is 863. The van der Waals surface area contributed by atoms with Crippen molar-refractivity contribution in [2.45, 2.75) is 43.9 Å². The molecule has 0 radical (unpaired) electrons. The number of carbonyl (C=O) groups excluding carboxylic acids is 1. The number of hydrazine groups is 1. The van der Waals surface area contributed by atoms with E-state index in [1.165, 1.54) is 45.6 Å². The summed E-state index contributed by atoms with van der Waals surface area (Å²) in [6.45, 7) is 2.91. The molecule has 0 spiro atoms. The first-order valence-corrected chi connectivity index (χ1v) is 10.7. The number of anilines is 1. The summed E-state index contributed by atoms with van der Waals surface area (Å²) in [5.41, 5.74) is 6.19. The molecule has 5 rings (SSSR count). The van der Waals surface area contributed by atoms with Gasteiger partial charge in [0.2, 0.25) is 5.95 Å². The molecule has 0 saturated carbocycles. The summed E-state index contributed by atoms with van der Waals surface area (Å²) in [7, 11) is 0. The van der Waals surface area contributed by atoms with Gasteiger partial charge in [0.1, 0.15) is 11.2 Å². The molecule has 2 aromatic heterocycles. The lowest BCUT2D eigenvalue weighted by atomic mass is 9.94. The molecule has 2 aromatic rings. The molecular weight excluding hydrogens is 372 g/mol. The van der Waals surface area contributed by atoms with Crippen molar-refractivity contribution in [3.05, 3.63) is 16.0 Å². The predicted octanol–water partition coefficient (Wildman–Crippen LogP) is 1.75. The number of rotatable bonds is 4. The van der Waals surface area contributed by atoms with Crippen molar-refractivity contribution in [2.75, 3.05) is 24.0 Å². The monoisotopic (exact) mass is 392 g/mol. The number of carbonyl (C=O) groups is 1. The lowest BCUT2D eigenvalue weighted by molar-refractivity contribution is -0.139. The molecule has 1 unspecified atom stereocenters. The Morgan fingerprint density at radius 3 is 3.15 bits per heavy atom. The van der Waals surface area contributed by atoms with Gasteiger partial charge >= 0.3 is 5.97 Å². The maximum atomic E-state index is 11.8. The van der Waals surface area contributed by atoms with Crippen molar-refractivity contribution in [3.8, 4) is 5.00 Å². The maximum Gasteiger partial charge on any atom is 0.316 e. The van der Waals surface area contributed by atoms with E-state index in [4.69, 9.17) is 4.74 Å². The highest BCUT2D eigenvalue weighted by Gasteiger charge is 2.41. The van der Waals surface area contributed by atoms with Crippen LogP contribution in [-0.4, -0.2) is 39.8 Å². The van der Waals surface area contributed by atoms with E-state index in [0.29, 0.717) is 13.3 Å². The second-order valence-electron chi connectivity index (χ2n) is 6.45. The number of aromatic nitrogens is 3. The zero-order valence-electron chi connectivity index (χ0n) is 14.4. The first-order chi connectivity index (χ1) is 12.8. The minimum Gasteiger partial charge on any atom is -0.465 e. The molecule has 1 fully saturated rings. The van der Waals surface area contributed by atoms with Gasteiger partial charge in [0.05, 0.1) is 19.0 Å². The molecule has 138 valence electrons. The Morgan fingerprint density at radius 1 is 1.38 bits per heavy atom. The number of thioether (sulfide) groups is 1. The molecule has 2 aliphatic heterocycles. The van der Waals surface area contributed by atoms with E-state index < -0.39 is 0 Å². The third-order valence-electron chi connectivity index (χ3n) is 4.93. The number of hydrogen-bond acceptors (Lipinski definition) is 9. The normalized spacial score (nSPS) is 20.3. The largest absolute Gasteiger partial charge is 0.465 e. The van der Waals surface area contributed by atoms with Gasteiger partial charge in [-0.15, -0.1) is 21.5 Å². The van der Waals surface area contributed by atoms with Gasteiger partial charge in [-0.3, -0.25) is 15.1 Å². The predicted molar refractivity (Wildman–Crippen MR) is 99.6 cm³/mol. The van der Waals surface area contributed by atoms with Gasteiger partial charge in [-0.25, -0.2) is 9.99 Å². The van der Waals surface area contributed by atoms with Crippen LogP contribution in [0.15, 0.2) is 5.16 Å². The molecule has 2 N–H and O–H groups in total. The van der Waals surface area contributed by atoms with Gasteiger partial charge in [0.25, 0.3) is 0 Å². The molecule has 3 aliphatic rings. The highest BCUT2D eigenvalue weighted by molar-refractivity contribution is 7.99. The van der Waals surface area contributed by atoms with Gasteiger partial charge in [0.15, 0.2) is 5.16 Å². The summed E-state index contributed by atoms with van der Waals surface area (Å²) >= 11 is 3.23. The van der Waals surface area contributed by atoms with Crippen LogP contribution in [-0.2, 0) is 22.4 Å². The minimum absolute atomic E-state index is 0.0997. The number of fused-ring (bicyclic) bond motifs is 8.